The van der Waals surface area contributed by atoms with E-state index in [-0.39, 0.29) is 22.8 Å². The lowest BCUT2D eigenvalue weighted by atomic mass is 10.1. The minimum Gasteiger partial charge on any atom is -0.493 e. The second-order valence-corrected chi connectivity index (χ2v) is 6.02. The Morgan fingerprint density at radius 1 is 1.39 bits per heavy atom. The minimum absolute atomic E-state index is 0.144. The van der Waals surface area contributed by atoms with Gasteiger partial charge in [-0.25, -0.2) is 13.2 Å². The monoisotopic (exact) mass is 292 g/mol. The van der Waals surface area contributed by atoms with Crippen LogP contribution in [0.25, 0.3) is 0 Å². The molecule has 0 amide bonds. The molecule has 100 valence electrons. The summed E-state index contributed by atoms with van der Waals surface area (Å²) in [5, 5.41) is 9.03. The summed E-state index contributed by atoms with van der Waals surface area (Å²) in [6.45, 7) is 3.75. The number of carboxylic acid groups (broad SMARTS) is 1. The normalized spacial score (nSPS) is 11.3. The highest BCUT2D eigenvalue weighted by Gasteiger charge is 2.21. The molecule has 1 aromatic carbocycles. The topological polar surface area (TPSA) is 80.7 Å². The highest BCUT2D eigenvalue weighted by atomic mass is 35.7. The van der Waals surface area contributed by atoms with Gasteiger partial charge in [-0.15, -0.1) is 0 Å². The molecule has 0 aromatic heterocycles. The molecule has 1 N–H and O–H groups in total. The Morgan fingerprint density at radius 2 is 2.00 bits per heavy atom. The summed E-state index contributed by atoms with van der Waals surface area (Å²) < 4.78 is 28.0. The lowest BCUT2D eigenvalue weighted by Gasteiger charge is -2.12. The molecular weight excluding hydrogens is 280 g/mol. The number of rotatable bonds is 5. The zero-order valence-corrected chi connectivity index (χ0v) is 11.5. The van der Waals surface area contributed by atoms with Crippen LogP contribution in [0.15, 0.2) is 17.0 Å². The van der Waals surface area contributed by atoms with Crippen molar-refractivity contribution in [2.45, 2.75) is 25.2 Å². The number of hydrogen-bond acceptors (Lipinski definition) is 4. The fourth-order valence-electron chi connectivity index (χ4n) is 1.55. The van der Waals surface area contributed by atoms with Crippen molar-refractivity contribution in [3.8, 4) is 5.75 Å². The number of carboxylic acids is 1. The number of carbonyl (C=O) groups is 1. The van der Waals surface area contributed by atoms with Crippen LogP contribution in [0.5, 0.6) is 5.75 Å². The van der Waals surface area contributed by atoms with Crippen LogP contribution in [0.1, 0.15) is 29.8 Å². The molecule has 1 aromatic rings. The Morgan fingerprint density at radius 3 is 2.39 bits per heavy atom. The van der Waals surface area contributed by atoms with Gasteiger partial charge < -0.3 is 9.84 Å². The molecular formula is C11H13ClO5S. The van der Waals surface area contributed by atoms with E-state index in [1.807, 2.05) is 0 Å². The highest BCUT2D eigenvalue weighted by molar-refractivity contribution is 8.13. The van der Waals surface area contributed by atoms with Crippen LogP contribution in [-0.2, 0) is 15.5 Å². The third-order valence-electron chi connectivity index (χ3n) is 2.34. The third-order valence-corrected chi connectivity index (χ3v) is 3.74. The second kappa shape index (κ2) is 5.58. The molecule has 0 aliphatic carbocycles. The van der Waals surface area contributed by atoms with E-state index in [1.165, 1.54) is 6.07 Å². The number of halogens is 1. The minimum atomic E-state index is -3.98. The molecule has 0 aliphatic rings. The molecule has 0 unspecified atom stereocenters. The quantitative estimate of drug-likeness (QED) is 0.842. The van der Waals surface area contributed by atoms with E-state index < -0.39 is 15.0 Å². The van der Waals surface area contributed by atoms with Gasteiger partial charge in [0.25, 0.3) is 9.05 Å². The molecule has 1 rings (SSSR count). The van der Waals surface area contributed by atoms with Gasteiger partial charge in [0, 0.05) is 10.7 Å². The van der Waals surface area contributed by atoms with Crippen molar-refractivity contribution in [3.63, 3.8) is 0 Å². The number of aromatic carboxylic acids is 1. The van der Waals surface area contributed by atoms with E-state index in [0.29, 0.717) is 12.0 Å². The van der Waals surface area contributed by atoms with Crippen molar-refractivity contribution < 1.29 is 23.1 Å². The number of ether oxygens (including phenoxy) is 1. The Kier molecular flexibility index (Phi) is 4.59. The first kappa shape index (κ1) is 14.8. The Balaban J connectivity index is 3.56. The van der Waals surface area contributed by atoms with Crippen LogP contribution in [0, 0.1) is 0 Å². The van der Waals surface area contributed by atoms with Gasteiger partial charge in [0.05, 0.1) is 11.5 Å². The van der Waals surface area contributed by atoms with E-state index in [9.17, 15) is 13.2 Å². The zero-order valence-electron chi connectivity index (χ0n) is 9.94. The summed E-state index contributed by atoms with van der Waals surface area (Å²) in [6.07, 6.45) is 0.404. The van der Waals surface area contributed by atoms with Crippen LogP contribution in [-0.4, -0.2) is 26.1 Å². The van der Waals surface area contributed by atoms with E-state index in [0.717, 1.165) is 6.07 Å². The largest absolute Gasteiger partial charge is 0.493 e. The first-order valence-corrected chi connectivity index (χ1v) is 7.59. The van der Waals surface area contributed by atoms with Gasteiger partial charge in [-0.3, -0.25) is 0 Å². The summed E-state index contributed by atoms with van der Waals surface area (Å²) in [5.74, 6) is -1.12. The molecule has 5 nitrogen and oxygen atoms in total. The van der Waals surface area contributed by atoms with Crippen LogP contribution < -0.4 is 4.74 Å². The van der Waals surface area contributed by atoms with Crippen LogP contribution in [0.2, 0.25) is 0 Å². The lowest BCUT2D eigenvalue weighted by Crippen LogP contribution is -2.07. The third kappa shape index (κ3) is 3.14. The first-order chi connectivity index (χ1) is 8.31. The van der Waals surface area contributed by atoms with Gasteiger partial charge >= 0.3 is 5.97 Å². The molecule has 0 heterocycles. The van der Waals surface area contributed by atoms with Crippen LogP contribution >= 0.6 is 10.7 Å². The lowest BCUT2D eigenvalue weighted by molar-refractivity contribution is 0.0692. The molecule has 0 radical (unpaired) electrons. The second-order valence-electron chi connectivity index (χ2n) is 3.49. The van der Waals surface area contributed by atoms with Gasteiger partial charge in [-0.1, -0.05) is 6.92 Å². The zero-order chi connectivity index (χ0) is 13.9. The molecule has 0 spiro atoms. The molecule has 0 aliphatic heterocycles. The molecule has 0 atom stereocenters. The predicted octanol–water partition coefficient (Wildman–Crippen LogP) is 2.27. The molecule has 7 heteroatoms. The maximum Gasteiger partial charge on any atom is 0.339 e. The van der Waals surface area contributed by atoms with Gasteiger partial charge in [0.15, 0.2) is 0 Å². The van der Waals surface area contributed by atoms with E-state index in [4.69, 9.17) is 20.5 Å². The molecule has 18 heavy (non-hydrogen) atoms. The van der Waals surface area contributed by atoms with E-state index in [1.54, 1.807) is 13.8 Å². The Hall–Kier alpha value is -1.27. The van der Waals surface area contributed by atoms with Gasteiger partial charge in [0.2, 0.25) is 0 Å². The first-order valence-electron chi connectivity index (χ1n) is 5.28. The number of hydrogen-bond donors (Lipinski definition) is 1. The summed E-state index contributed by atoms with van der Waals surface area (Å²) in [7, 11) is 1.31. The summed E-state index contributed by atoms with van der Waals surface area (Å²) in [6, 6.07) is 2.44. The standard InChI is InChI=1S/C11H13ClO5S/c1-3-7-5-9(17-4-2)8(11(13)14)6-10(7)18(12,15)16/h5-6H,3-4H2,1-2H3,(H,13,14). The van der Waals surface area contributed by atoms with Crippen molar-refractivity contribution in [1.29, 1.82) is 0 Å². The van der Waals surface area contributed by atoms with Crippen molar-refractivity contribution in [2.75, 3.05) is 6.61 Å². The van der Waals surface area contributed by atoms with Gasteiger partial charge in [0.1, 0.15) is 11.3 Å². The SMILES string of the molecule is CCOc1cc(CC)c(S(=O)(=O)Cl)cc1C(=O)O. The van der Waals surface area contributed by atoms with Crippen molar-refractivity contribution in [3.05, 3.63) is 23.3 Å². The maximum absolute atomic E-state index is 11.4. The average Bonchev–Trinajstić information content (AvgIpc) is 2.27. The smallest absolute Gasteiger partial charge is 0.339 e. The molecule has 0 bridgehead atoms. The fraction of sp³-hybridized carbons (Fsp3) is 0.364. The average molecular weight is 293 g/mol. The van der Waals surface area contributed by atoms with Gasteiger partial charge in [-0.05, 0) is 31.0 Å². The summed E-state index contributed by atoms with van der Waals surface area (Å²) >= 11 is 0. The van der Waals surface area contributed by atoms with E-state index in [2.05, 4.69) is 0 Å². The summed E-state index contributed by atoms with van der Waals surface area (Å²) in [5.41, 5.74) is 0.215. The predicted molar refractivity (Wildman–Crippen MR) is 67.0 cm³/mol. The fourth-order valence-corrected chi connectivity index (χ4v) is 2.75. The van der Waals surface area contributed by atoms with Gasteiger partial charge in [-0.2, -0.15) is 0 Å². The van der Waals surface area contributed by atoms with Crippen LogP contribution in [0.3, 0.4) is 0 Å². The maximum atomic E-state index is 11.4. The number of aryl methyl sites for hydroxylation is 1. The Labute approximate surface area is 110 Å². The van der Waals surface area contributed by atoms with Crippen molar-refractivity contribution in [2.24, 2.45) is 0 Å². The highest BCUT2D eigenvalue weighted by Crippen LogP contribution is 2.29. The number of benzene rings is 1. The molecule has 0 saturated carbocycles. The summed E-state index contributed by atoms with van der Waals surface area (Å²) in [4.78, 5) is 10.9. The van der Waals surface area contributed by atoms with E-state index >= 15 is 0 Å². The molecule has 0 fully saturated rings. The molecule has 0 saturated heterocycles. The Bertz CT molecular complexity index is 565. The van der Waals surface area contributed by atoms with Crippen molar-refractivity contribution in [1.82, 2.24) is 0 Å². The van der Waals surface area contributed by atoms with Crippen molar-refractivity contribution >= 4 is 25.7 Å². The van der Waals surface area contributed by atoms with Crippen LogP contribution in [0.4, 0.5) is 0 Å².